The van der Waals surface area contributed by atoms with Crippen LogP contribution in [0.2, 0.25) is 0 Å². The van der Waals surface area contributed by atoms with E-state index < -0.39 is 28.1 Å². The second kappa shape index (κ2) is 6.44. The van der Waals surface area contributed by atoms with Gasteiger partial charge < -0.3 is 5.11 Å². The Morgan fingerprint density at radius 3 is 2.59 bits per heavy atom. The molecule has 0 saturated carbocycles. The first-order chi connectivity index (χ1) is 10.5. The third-order valence-corrected chi connectivity index (χ3v) is 2.72. The van der Waals surface area contributed by atoms with Crippen LogP contribution in [0.5, 0.6) is 5.75 Å². The lowest BCUT2D eigenvalue weighted by Gasteiger charge is -2.01. The summed E-state index contributed by atoms with van der Waals surface area (Å²) in [5.41, 5.74) is 1.98. The molecular formula is C14H10FN3O4. The summed E-state index contributed by atoms with van der Waals surface area (Å²) in [5.74, 6) is -1.60. The van der Waals surface area contributed by atoms with Gasteiger partial charge in [0, 0.05) is 17.2 Å². The van der Waals surface area contributed by atoms with Crippen LogP contribution in [-0.4, -0.2) is 22.2 Å². The molecule has 112 valence electrons. The topological polar surface area (TPSA) is 105 Å². The molecular weight excluding hydrogens is 293 g/mol. The number of nitro benzene ring substituents is 1. The number of rotatable bonds is 4. The van der Waals surface area contributed by atoms with Crippen molar-refractivity contribution in [3.05, 3.63) is 69.5 Å². The van der Waals surface area contributed by atoms with Gasteiger partial charge in [-0.15, -0.1) is 0 Å². The standard InChI is InChI=1S/C14H10FN3O4/c15-11-6-4-9(5-7-11)14(20)17-16-8-10-2-1-3-12(13(10)19)18(21)22/h1-8,19H,(H,17,20)/b16-8-. The van der Waals surface area contributed by atoms with Crippen LogP contribution in [0.1, 0.15) is 15.9 Å². The molecule has 0 radical (unpaired) electrons. The summed E-state index contributed by atoms with van der Waals surface area (Å²) in [6.07, 6.45) is 1.07. The van der Waals surface area contributed by atoms with Gasteiger partial charge >= 0.3 is 5.69 Å². The van der Waals surface area contributed by atoms with Crippen LogP contribution in [0.4, 0.5) is 10.1 Å². The lowest BCUT2D eigenvalue weighted by molar-refractivity contribution is -0.385. The van der Waals surface area contributed by atoms with Crippen molar-refractivity contribution >= 4 is 17.8 Å². The van der Waals surface area contributed by atoms with Gasteiger partial charge in [0.1, 0.15) is 5.82 Å². The number of hydrogen-bond acceptors (Lipinski definition) is 5. The zero-order chi connectivity index (χ0) is 16.1. The summed E-state index contributed by atoms with van der Waals surface area (Å²) >= 11 is 0. The predicted molar refractivity (Wildman–Crippen MR) is 76.2 cm³/mol. The molecule has 0 aliphatic heterocycles. The molecule has 1 amide bonds. The molecule has 2 rings (SSSR count). The third-order valence-electron chi connectivity index (χ3n) is 2.72. The van der Waals surface area contributed by atoms with E-state index in [1.807, 2.05) is 0 Å². The number of phenols is 1. The monoisotopic (exact) mass is 303 g/mol. The Kier molecular flexibility index (Phi) is 4.42. The van der Waals surface area contributed by atoms with Crippen molar-refractivity contribution in [2.45, 2.75) is 0 Å². The number of hydrazone groups is 1. The molecule has 0 fully saturated rings. The number of halogens is 1. The Bertz CT molecular complexity index is 744. The fraction of sp³-hybridized carbons (Fsp3) is 0. The van der Waals surface area contributed by atoms with E-state index in [-0.39, 0.29) is 11.1 Å². The van der Waals surface area contributed by atoms with E-state index in [4.69, 9.17) is 0 Å². The second-order valence-corrected chi connectivity index (χ2v) is 4.18. The van der Waals surface area contributed by atoms with Crippen LogP contribution >= 0.6 is 0 Å². The van der Waals surface area contributed by atoms with Crippen molar-refractivity contribution in [1.82, 2.24) is 5.43 Å². The molecule has 0 aromatic heterocycles. The Morgan fingerprint density at radius 2 is 1.95 bits per heavy atom. The van der Waals surface area contributed by atoms with E-state index in [2.05, 4.69) is 10.5 Å². The smallest absolute Gasteiger partial charge is 0.311 e. The number of para-hydroxylation sites is 1. The van der Waals surface area contributed by atoms with Gasteiger partial charge in [0.25, 0.3) is 5.91 Å². The van der Waals surface area contributed by atoms with Crippen LogP contribution in [0.15, 0.2) is 47.6 Å². The highest BCUT2D eigenvalue weighted by Gasteiger charge is 2.15. The fourth-order valence-electron chi connectivity index (χ4n) is 1.63. The van der Waals surface area contributed by atoms with Gasteiger partial charge in [-0.3, -0.25) is 14.9 Å². The highest BCUT2D eigenvalue weighted by molar-refractivity contribution is 5.95. The maximum atomic E-state index is 12.7. The quantitative estimate of drug-likeness (QED) is 0.513. The van der Waals surface area contributed by atoms with E-state index in [1.54, 1.807) is 0 Å². The number of nitrogens with one attached hydrogen (secondary N) is 1. The van der Waals surface area contributed by atoms with Crippen LogP contribution in [0, 0.1) is 15.9 Å². The summed E-state index contributed by atoms with van der Waals surface area (Å²) in [7, 11) is 0. The number of amides is 1. The van der Waals surface area contributed by atoms with Crippen molar-refractivity contribution in [3.63, 3.8) is 0 Å². The maximum absolute atomic E-state index is 12.7. The largest absolute Gasteiger partial charge is 0.502 e. The van der Waals surface area contributed by atoms with E-state index in [0.29, 0.717) is 0 Å². The van der Waals surface area contributed by atoms with E-state index >= 15 is 0 Å². The molecule has 8 heteroatoms. The Hall–Kier alpha value is -3.29. The number of carbonyl (C=O) groups excluding carboxylic acids is 1. The minimum atomic E-state index is -0.732. The van der Waals surface area contributed by atoms with Crippen LogP contribution in [0.25, 0.3) is 0 Å². The molecule has 7 nitrogen and oxygen atoms in total. The molecule has 22 heavy (non-hydrogen) atoms. The van der Waals surface area contributed by atoms with Gasteiger partial charge in [-0.1, -0.05) is 6.07 Å². The number of aromatic hydroxyl groups is 1. The molecule has 0 atom stereocenters. The lowest BCUT2D eigenvalue weighted by atomic mass is 10.2. The number of hydrogen-bond donors (Lipinski definition) is 2. The zero-order valence-electron chi connectivity index (χ0n) is 11.1. The first-order valence-electron chi connectivity index (χ1n) is 6.04. The van der Waals surface area contributed by atoms with Crippen molar-refractivity contribution in [2.24, 2.45) is 5.10 Å². The number of carbonyl (C=O) groups is 1. The summed E-state index contributed by atoms with van der Waals surface area (Å²) in [4.78, 5) is 21.6. The minimum Gasteiger partial charge on any atom is -0.502 e. The normalized spacial score (nSPS) is 10.6. The Morgan fingerprint density at radius 1 is 1.27 bits per heavy atom. The van der Waals surface area contributed by atoms with Crippen LogP contribution in [-0.2, 0) is 0 Å². The van der Waals surface area contributed by atoms with Crippen molar-refractivity contribution in [3.8, 4) is 5.75 Å². The first kappa shape index (κ1) is 15.1. The third kappa shape index (κ3) is 3.42. The molecule has 0 aliphatic rings. The summed E-state index contributed by atoms with van der Waals surface area (Å²) in [6.45, 7) is 0. The van der Waals surface area contributed by atoms with Gasteiger partial charge in [0.15, 0.2) is 0 Å². The van der Waals surface area contributed by atoms with E-state index in [1.165, 1.54) is 24.3 Å². The van der Waals surface area contributed by atoms with E-state index in [9.17, 15) is 24.4 Å². The Balaban J connectivity index is 2.10. The first-order valence-corrected chi connectivity index (χ1v) is 6.04. The number of benzene rings is 2. The molecule has 0 saturated heterocycles. The molecule has 0 bridgehead atoms. The van der Waals surface area contributed by atoms with Crippen LogP contribution < -0.4 is 5.43 Å². The molecule has 2 aromatic carbocycles. The minimum absolute atomic E-state index is 0.0774. The summed E-state index contributed by atoms with van der Waals surface area (Å²) in [5, 5.41) is 24.0. The molecule has 2 N–H and O–H groups in total. The number of phenolic OH excluding ortho intramolecular Hbond substituents is 1. The van der Waals surface area contributed by atoms with E-state index in [0.717, 1.165) is 24.4 Å². The molecule has 0 spiro atoms. The Labute approximate surface area is 123 Å². The SMILES string of the molecule is O=C(N/N=C\c1cccc([N+](=O)[O-])c1O)c1ccc(F)cc1. The highest BCUT2D eigenvalue weighted by atomic mass is 19.1. The molecule has 2 aromatic rings. The summed E-state index contributed by atoms with van der Waals surface area (Å²) in [6, 6.07) is 8.74. The van der Waals surface area contributed by atoms with Gasteiger partial charge in [-0.2, -0.15) is 5.10 Å². The molecule has 0 aliphatic carbocycles. The van der Waals surface area contributed by atoms with Crippen molar-refractivity contribution in [2.75, 3.05) is 0 Å². The number of nitrogens with zero attached hydrogens (tertiary/aromatic N) is 2. The van der Waals surface area contributed by atoms with Crippen LogP contribution in [0.3, 0.4) is 0 Å². The predicted octanol–water partition coefficient (Wildman–Crippen LogP) is 2.20. The fourth-order valence-corrected chi connectivity index (χ4v) is 1.63. The van der Waals surface area contributed by atoms with Crippen molar-refractivity contribution in [1.29, 1.82) is 0 Å². The van der Waals surface area contributed by atoms with Crippen molar-refractivity contribution < 1.29 is 19.2 Å². The average molecular weight is 303 g/mol. The maximum Gasteiger partial charge on any atom is 0.311 e. The molecule has 0 heterocycles. The zero-order valence-corrected chi connectivity index (χ0v) is 11.1. The lowest BCUT2D eigenvalue weighted by Crippen LogP contribution is -2.17. The average Bonchev–Trinajstić information content (AvgIpc) is 2.49. The summed E-state index contributed by atoms with van der Waals surface area (Å²) < 4.78 is 12.7. The van der Waals surface area contributed by atoms with Gasteiger partial charge in [-0.25, -0.2) is 9.82 Å². The number of nitro groups is 1. The molecule has 0 unspecified atom stereocenters. The van der Waals surface area contributed by atoms with Gasteiger partial charge in [0.2, 0.25) is 5.75 Å². The van der Waals surface area contributed by atoms with Gasteiger partial charge in [0.05, 0.1) is 11.1 Å². The van der Waals surface area contributed by atoms with Gasteiger partial charge in [-0.05, 0) is 30.3 Å². The highest BCUT2D eigenvalue weighted by Crippen LogP contribution is 2.27. The second-order valence-electron chi connectivity index (χ2n) is 4.18.